The highest BCUT2D eigenvalue weighted by atomic mass is 19.1. The van der Waals surface area contributed by atoms with Crippen molar-refractivity contribution >= 4 is 17.5 Å². The molecule has 1 amide bonds. The quantitative estimate of drug-likeness (QED) is 0.944. The maximum atomic E-state index is 13.6. The van der Waals surface area contributed by atoms with Crippen molar-refractivity contribution in [2.45, 2.75) is 0 Å². The molecule has 0 radical (unpaired) electrons. The molecule has 120 valence electrons. The van der Waals surface area contributed by atoms with E-state index in [0.717, 1.165) is 5.69 Å². The van der Waals surface area contributed by atoms with Gasteiger partial charge in [0.1, 0.15) is 11.6 Å². The number of amides is 1. The molecule has 1 aliphatic heterocycles. The largest absolute Gasteiger partial charge is 0.417 e. The van der Waals surface area contributed by atoms with Gasteiger partial charge in [0.05, 0.1) is 24.6 Å². The Balaban J connectivity index is 1.75. The molecule has 2 aromatic carbocycles. The van der Waals surface area contributed by atoms with Gasteiger partial charge in [0.2, 0.25) is 0 Å². The van der Waals surface area contributed by atoms with Gasteiger partial charge < -0.3 is 14.4 Å². The first-order valence-corrected chi connectivity index (χ1v) is 7.38. The zero-order valence-electron chi connectivity index (χ0n) is 12.5. The summed E-state index contributed by atoms with van der Waals surface area (Å²) in [6.07, 6.45) is -0.656. The van der Waals surface area contributed by atoms with Gasteiger partial charge >= 0.3 is 6.09 Å². The zero-order chi connectivity index (χ0) is 16.1. The smallest absolute Gasteiger partial charge is 0.410 e. The van der Waals surface area contributed by atoms with Crippen LogP contribution in [0.1, 0.15) is 0 Å². The Labute approximate surface area is 133 Å². The lowest BCUT2D eigenvalue weighted by molar-refractivity contribution is 0.123. The normalized spacial score (nSPS) is 14.4. The van der Waals surface area contributed by atoms with Crippen LogP contribution in [0.2, 0.25) is 0 Å². The highest BCUT2D eigenvalue weighted by Gasteiger charge is 2.17. The molecular weight excluding hydrogens is 299 g/mol. The molecule has 0 atom stereocenters. The summed E-state index contributed by atoms with van der Waals surface area (Å²) in [4.78, 5) is 14.1. The number of hydrogen-bond donors (Lipinski definition) is 1. The Morgan fingerprint density at radius 3 is 2.61 bits per heavy atom. The van der Waals surface area contributed by atoms with Gasteiger partial charge in [0.15, 0.2) is 0 Å². The molecule has 5 nitrogen and oxygen atoms in total. The predicted molar refractivity (Wildman–Crippen MR) is 85.5 cm³/mol. The van der Waals surface area contributed by atoms with Gasteiger partial charge in [0, 0.05) is 13.1 Å². The van der Waals surface area contributed by atoms with Crippen LogP contribution in [-0.2, 0) is 4.74 Å². The number of nitrogens with zero attached hydrogens (tertiary/aromatic N) is 1. The number of carbonyl (C=O) groups is 1. The third-order valence-electron chi connectivity index (χ3n) is 3.50. The number of anilines is 2. The molecule has 6 heteroatoms. The van der Waals surface area contributed by atoms with Gasteiger partial charge in [-0.25, -0.2) is 9.18 Å². The van der Waals surface area contributed by atoms with Crippen LogP contribution in [0.4, 0.5) is 20.6 Å². The lowest BCUT2D eigenvalue weighted by atomic mass is 10.2. The molecule has 0 bridgehead atoms. The van der Waals surface area contributed by atoms with E-state index in [0.29, 0.717) is 37.7 Å². The summed E-state index contributed by atoms with van der Waals surface area (Å²) in [6, 6.07) is 13.0. The number of morpholine rings is 1. The summed E-state index contributed by atoms with van der Waals surface area (Å²) in [5, 5.41) is 2.61. The summed E-state index contributed by atoms with van der Waals surface area (Å²) >= 11 is 0. The second kappa shape index (κ2) is 7.11. The van der Waals surface area contributed by atoms with Crippen LogP contribution in [-0.4, -0.2) is 32.4 Å². The molecule has 1 heterocycles. The van der Waals surface area contributed by atoms with Crippen LogP contribution in [0.15, 0.2) is 48.5 Å². The summed E-state index contributed by atoms with van der Waals surface area (Å²) in [5.41, 5.74) is 1.13. The molecule has 0 spiro atoms. The lowest BCUT2D eigenvalue weighted by Crippen LogP contribution is -2.36. The van der Waals surface area contributed by atoms with Crippen molar-refractivity contribution in [3.05, 3.63) is 54.3 Å². The van der Waals surface area contributed by atoms with Crippen LogP contribution in [0.3, 0.4) is 0 Å². The van der Waals surface area contributed by atoms with Gasteiger partial charge in [-0.2, -0.15) is 0 Å². The minimum absolute atomic E-state index is 0.382. The predicted octanol–water partition coefficient (Wildman–Crippen LogP) is 3.27. The number of benzene rings is 2. The number of nitrogens with one attached hydrogen (secondary N) is 1. The summed E-state index contributed by atoms with van der Waals surface area (Å²) < 4.78 is 24.1. The van der Waals surface area contributed by atoms with E-state index in [2.05, 4.69) is 5.32 Å². The fourth-order valence-electron chi connectivity index (χ4n) is 2.42. The minimum atomic E-state index is -0.656. The van der Waals surface area contributed by atoms with Gasteiger partial charge in [-0.3, -0.25) is 5.32 Å². The van der Waals surface area contributed by atoms with E-state index in [9.17, 15) is 9.18 Å². The third kappa shape index (κ3) is 3.98. The molecule has 1 aliphatic rings. The number of halogens is 1. The average molecular weight is 316 g/mol. The molecule has 1 fully saturated rings. The van der Waals surface area contributed by atoms with Crippen molar-refractivity contribution in [2.75, 3.05) is 36.5 Å². The molecule has 0 unspecified atom stereocenters. The molecule has 1 saturated heterocycles. The Morgan fingerprint density at radius 1 is 1.13 bits per heavy atom. The average Bonchev–Trinajstić information content (AvgIpc) is 2.56. The third-order valence-corrected chi connectivity index (χ3v) is 3.50. The maximum Gasteiger partial charge on any atom is 0.417 e. The van der Waals surface area contributed by atoms with Crippen LogP contribution in [0, 0.1) is 5.82 Å². The standard InChI is InChI=1S/C17H17FN2O3/c18-13-6-7-16(20-8-10-22-11-9-20)15(12-13)19-17(21)23-14-4-2-1-3-5-14/h1-7,12H,8-11H2,(H,19,21). The monoisotopic (exact) mass is 316 g/mol. The first kappa shape index (κ1) is 15.3. The maximum absolute atomic E-state index is 13.6. The van der Waals surface area contributed by atoms with E-state index in [1.54, 1.807) is 30.3 Å². The SMILES string of the molecule is O=C(Nc1cc(F)ccc1N1CCOCC1)Oc1ccccc1. The fraction of sp³-hybridized carbons (Fsp3) is 0.235. The molecule has 0 aliphatic carbocycles. The first-order valence-electron chi connectivity index (χ1n) is 7.38. The van der Waals surface area contributed by atoms with Gasteiger partial charge in [-0.1, -0.05) is 18.2 Å². The van der Waals surface area contributed by atoms with Crippen molar-refractivity contribution in [3.8, 4) is 5.75 Å². The van der Waals surface area contributed by atoms with E-state index < -0.39 is 11.9 Å². The number of para-hydroxylation sites is 1. The van der Waals surface area contributed by atoms with E-state index in [1.807, 2.05) is 11.0 Å². The summed E-state index contributed by atoms with van der Waals surface area (Å²) in [7, 11) is 0. The van der Waals surface area contributed by atoms with Crippen molar-refractivity contribution in [2.24, 2.45) is 0 Å². The second-order valence-corrected chi connectivity index (χ2v) is 5.09. The number of carbonyl (C=O) groups excluding carboxylic acids is 1. The Morgan fingerprint density at radius 2 is 1.87 bits per heavy atom. The Hall–Kier alpha value is -2.60. The van der Waals surface area contributed by atoms with E-state index in [1.165, 1.54) is 12.1 Å². The molecule has 0 aromatic heterocycles. The lowest BCUT2D eigenvalue weighted by Gasteiger charge is -2.30. The topological polar surface area (TPSA) is 50.8 Å². The van der Waals surface area contributed by atoms with Gasteiger partial charge in [-0.15, -0.1) is 0 Å². The van der Waals surface area contributed by atoms with Gasteiger partial charge in [-0.05, 0) is 30.3 Å². The summed E-state index contributed by atoms with van der Waals surface area (Å²) in [6.45, 7) is 2.58. The van der Waals surface area contributed by atoms with Crippen LogP contribution >= 0.6 is 0 Å². The Bertz CT molecular complexity index is 673. The highest BCUT2D eigenvalue weighted by Crippen LogP contribution is 2.28. The molecule has 1 N–H and O–H groups in total. The summed E-state index contributed by atoms with van der Waals surface area (Å²) in [5.74, 6) is 0.00588. The van der Waals surface area contributed by atoms with E-state index in [-0.39, 0.29) is 0 Å². The molecule has 2 aromatic rings. The Kier molecular flexibility index (Phi) is 4.73. The van der Waals surface area contributed by atoms with E-state index in [4.69, 9.17) is 9.47 Å². The molecule has 0 saturated carbocycles. The van der Waals surface area contributed by atoms with Crippen LogP contribution < -0.4 is 15.0 Å². The number of rotatable bonds is 3. The first-order chi connectivity index (χ1) is 11.2. The van der Waals surface area contributed by atoms with Crippen molar-refractivity contribution in [1.29, 1.82) is 0 Å². The molecule has 23 heavy (non-hydrogen) atoms. The van der Waals surface area contributed by atoms with E-state index >= 15 is 0 Å². The molecular formula is C17H17FN2O3. The fourth-order valence-corrected chi connectivity index (χ4v) is 2.42. The second-order valence-electron chi connectivity index (χ2n) is 5.09. The van der Waals surface area contributed by atoms with Crippen LogP contribution in [0.5, 0.6) is 5.75 Å². The van der Waals surface area contributed by atoms with Crippen molar-refractivity contribution in [3.63, 3.8) is 0 Å². The van der Waals surface area contributed by atoms with Crippen molar-refractivity contribution < 1.29 is 18.7 Å². The van der Waals surface area contributed by atoms with Crippen molar-refractivity contribution in [1.82, 2.24) is 0 Å². The van der Waals surface area contributed by atoms with Crippen LogP contribution in [0.25, 0.3) is 0 Å². The minimum Gasteiger partial charge on any atom is -0.410 e. The number of hydrogen-bond acceptors (Lipinski definition) is 4. The highest BCUT2D eigenvalue weighted by molar-refractivity contribution is 5.91. The molecule has 3 rings (SSSR count). The zero-order valence-corrected chi connectivity index (χ0v) is 12.5. The number of ether oxygens (including phenoxy) is 2. The van der Waals surface area contributed by atoms with Gasteiger partial charge in [0.25, 0.3) is 0 Å².